The summed E-state index contributed by atoms with van der Waals surface area (Å²) in [6.45, 7) is 7.61. The van der Waals surface area contributed by atoms with Gasteiger partial charge in [0, 0.05) is 49.6 Å². The van der Waals surface area contributed by atoms with E-state index >= 15 is 0 Å². The fourth-order valence-corrected chi connectivity index (χ4v) is 3.25. The molecular formula is C20H22N6. The van der Waals surface area contributed by atoms with Crippen molar-refractivity contribution in [1.82, 2.24) is 19.9 Å². The molecule has 0 spiro atoms. The summed E-state index contributed by atoms with van der Waals surface area (Å²) in [5.74, 6) is 2.80. The minimum atomic E-state index is 0.801. The summed E-state index contributed by atoms with van der Waals surface area (Å²) in [7, 11) is 0. The number of aromatic nitrogens is 4. The first-order valence-corrected chi connectivity index (χ1v) is 8.89. The number of nitrogens with zero attached hydrogens (tertiary/aromatic N) is 6. The zero-order valence-electron chi connectivity index (χ0n) is 15.1. The summed E-state index contributed by atoms with van der Waals surface area (Å²) < 4.78 is 0. The van der Waals surface area contributed by atoms with Gasteiger partial charge in [-0.3, -0.25) is 0 Å². The van der Waals surface area contributed by atoms with Gasteiger partial charge in [-0.25, -0.2) is 19.9 Å². The van der Waals surface area contributed by atoms with E-state index < -0.39 is 0 Å². The van der Waals surface area contributed by atoms with Gasteiger partial charge in [0.15, 0.2) is 0 Å². The monoisotopic (exact) mass is 346 g/mol. The molecule has 1 saturated heterocycles. The number of rotatable bonds is 3. The van der Waals surface area contributed by atoms with Gasteiger partial charge in [0.05, 0.1) is 5.69 Å². The van der Waals surface area contributed by atoms with Crippen molar-refractivity contribution >= 4 is 11.6 Å². The number of anilines is 2. The Morgan fingerprint density at radius 2 is 1.46 bits per heavy atom. The SMILES string of the molecule is Cc1cc(N2CCN(c3cc(-c4ccccc4)nc(C)n3)CC2)ncn1. The Balaban J connectivity index is 1.52. The highest BCUT2D eigenvalue weighted by Gasteiger charge is 2.20. The lowest BCUT2D eigenvalue weighted by Gasteiger charge is -2.36. The molecule has 3 heterocycles. The molecule has 0 bridgehead atoms. The van der Waals surface area contributed by atoms with Crippen molar-refractivity contribution in [2.75, 3.05) is 36.0 Å². The van der Waals surface area contributed by atoms with Crippen LogP contribution in [0.4, 0.5) is 11.6 Å². The van der Waals surface area contributed by atoms with Gasteiger partial charge >= 0.3 is 0 Å². The van der Waals surface area contributed by atoms with Crippen LogP contribution in [0, 0.1) is 13.8 Å². The Kier molecular flexibility index (Phi) is 4.48. The molecule has 0 unspecified atom stereocenters. The van der Waals surface area contributed by atoms with Crippen molar-refractivity contribution in [3.63, 3.8) is 0 Å². The maximum absolute atomic E-state index is 4.67. The molecule has 0 radical (unpaired) electrons. The summed E-state index contributed by atoms with van der Waals surface area (Å²) in [6, 6.07) is 14.4. The Hall–Kier alpha value is -3.02. The number of aryl methyl sites for hydroxylation is 2. The van der Waals surface area contributed by atoms with E-state index in [1.54, 1.807) is 6.33 Å². The highest BCUT2D eigenvalue weighted by atomic mass is 15.3. The molecule has 6 heteroatoms. The molecule has 0 atom stereocenters. The predicted octanol–water partition coefficient (Wildman–Crippen LogP) is 2.88. The molecule has 3 aromatic rings. The van der Waals surface area contributed by atoms with Gasteiger partial charge in [0.2, 0.25) is 0 Å². The molecule has 0 amide bonds. The lowest BCUT2D eigenvalue weighted by molar-refractivity contribution is 0.639. The zero-order valence-corrected chi connectivity index (χ0v) is 15.1. The van der Waals surface area contributed by atoms with Gasteiger partial charge < -0.3 is 9.80 Å². The highest BCUT2D eigenvalue weighted by molar-refractivity contribution is 5.63. The first kappa shape index (κ1) is 16.4. The highest BCUT2D eigenvalue weighted by Crippen LogP contribution is 2.23. The summed E-state index contributed by atoms with van der Waals surface area (Å²) in [4.78, 5) is 22.5. The fraction of sp³-hybridized carbons (Fsp3) is 0.300. The summed E-state index contributed by atoms with van der Waals surface area (Å²) in [5, 5.41) is 0. The van der Waals surface area contributed by atoms with Crippen LogP contribution in [0.1, 0.15) is 11.5 Å². The third kappa shape index (κ3) is 3.49. The van der Waals surface area contributed by atoms with E-state index in [4.69, 9.17) is 0 Å². The third-order valence-electron chi connectivity index (χ3n) is 4.61. The van der Waals surface area contributed by atoms with E-state index in [0.717, 1.165) is 60.6 Å². The van der Waals surface area contributed by atoms with E-state index in [1.807, 2.05) is 38.1 Å². The van der Waals surface area contributed by atoms with Crippen LogP contribution < -0.4 is 9.80 Å². The van der Waals surface area contributed by atoms with Crippen LogP contribution in [0.2, 0.25) is 0 Å². The van der Waals surface area contributed by atoms with Gasteiger partial charge in [0.25, 0.3) is 0 Å². The van der Waals surface area contributed by atoms with Crippen LogP contribution in [0.5, 0.6) is 0 Å². The van der Waals surface area contributed by atoms with E-state index in [-0.39, 0.29) is 0 Å². The van der Waals surface area contributed by atoms with Crippen LogP contribution in [-0.4, -0.2) is 46.1 Å². The summed E-state index contributed by atoms with van der Waals surface area (Å²) in [5.41, 5.74) is 3.09. The predicted molar refractivity (Wildman–Crippen MR) is 103 cm³/mol. The second-order valence-electron chi connectivity index (χ2n) is 6.52. The maximum Gasteiger partial charge on any atom is 0.132 e. The Bertz CT molecular complexity index is 888. The van der Waals surface area contributed by atoms with Crippen LogP contribution in [0.15, 0.2) is 48.8 Å². The second kappa shape index (κ2) is 7.07. The normalized spacial score (nSPS) is 14.5. The molecule has 4 rings (SSSR count). The molecule has 132 valence electrons. The Labute approximate surface area is 153 Å². The quantitative estimate of drug-likeness (QED) is 0.727. The molecule has 6 nitrogen and oxygen atoms in total. The molecule has 1 aliphatic heterocycles. The third-order valence-corrected chi connectivity index (χ3v) is 4.61. The van der Waals surface area contributed by atoms with Gasteiger partial charge in [0.1, 0.15) is 23.8 Å². The first-order chi connectivity index (χ1) is 12.7. The van der Waals surface area contributed by atoms with Crippen molar-refractivity contribution in [3.05, 3.63) is 60.3 Å². The van der Waals surface area contributed by atoms with Gasteiger partial charge in [-0.15, -0.1) is 0 Å². The van der Waals surface area contributed by atoms with E-state index in [9.17, 15) is 0 Å². The number of hydrogen-bond donors (Lipinski definition) is 0. The second-order valence-corrected chi connectivity index (χ2v) is 6.52. The largest absolute Gasteiger partial charge is 0.353 e. The first-order valence-electron chi connectivity index (χ1n) is 8.89. The molecule has 0 saturated carbocycles. The van der Waals surface area contributed by atoms with Crippen molar-refractivity contribution in [1.29, 1.82) is 0 Å². The Morgan fingerprint density at radius 1 is 0.769 bits per heavy atom. The van der Waals surface area contributed by atoms with Crippen LogP contribution >= 0.6 is 0 Å². The number of piperazine rings is 1. The average molecular weight is 346 g/mol. The van der Waals surface area contributed by atoms with E-state index in [1.165, 1.54) is 0 Å². The standard InChI is InChI=1S/C20H22N6/c1-15-12-19(22-14-21-15)25-8-10-26(11-9-25)20-13-18(23-16(2)24-20)17-6-4-3-5-7-17/h3-7,12-14H,8-11H2,1-2H3. The van der Waals surface area contributed by atoms with Crippen LogP contribution in [-0.2, 0) is 0 Å². The number of benzene rings is 1. The average Bonchev–Trinajstić information content (AvgIpc) is 2.68. The smallest absolute Gasteiger partial charge is 0.132 e. The minimum Gasteiger partial charge on any atom is -0.353 e. The molecule has 2 aromatic heterocycles. The zero-order chi connectivity index (χ0) is 17.9. The van der Waals surface area contributed by atoms with Crippen molar-refractivity contribution in [3.8, 4) is 11.3 Å². The maximum atomic E-state index is 4.67. The van der Waals surface area contributed by atoms with Crippen molar-refractivity contribution in [2.45, 2.75) is 13.8 Å². The van der Waals surface area contributed by atoms with Crippen molar-refractivity contribution < 1.29 is 0 Å². The van der Waals surface area contributed by atoms with Crippen LogP contribution in [0.3, 0.4) is 0 Å². The lowest BCUT2D eigenvalue weighted by atomic mass is 10.1. The van der Waals surface area contributed by atoms with Crippen LogP contribution in [0.25, 0.3) is 11.3 Å². The summed E-state index contributed by atoms with van der Waals surface area (Å²) >= 11 is 0. The lowest BCUT2D eigenvalue weighted by Crippen LogP contribution is -2.47. The van der Waals surface area contributed by atoms with E-state index in [0.29, 0.717) is 0 Å². The topological polar surface area (TPSA) is 58.0 Å². The van der Waals surface area contributed by atoms with E-state index in [2.05, 4.69) is 47.9 Å². The molecule has 26 heavy (non-hydrogen) atoms. The van der Waals surface area contributed by atoms with Crippen molar-refractivity contribution in [2.24, 2.45) is 0 Å². The van der Waals surface area contributed by atoms with Gasteiger partial charge in [-0.05, 0) is 13.8 Å². The Morgan fingerprint density at radius 3 is 2.15 bits per heavy atom. The van der Waals surface area contributed by atoms with Gasteiger partial charge in [-0.2, -0.15) is 0 Å². The van der Waals surface area contributed by atoms with Gasteiger partial charge in [-0.1, -0.05) is 30.3 Å². The molecular weight excluding hydrogens is 324 g/mol. The molecule has 1 aliphatic rings. The molecule has 0 N–H and O–H groups in total. The molecule has 1 aromatic carbocycles. The minimum absolute atomic E-state index is 0.801. The number of hydrogen-bond acceptors (Lipinski definition) is 6. The molecule has 1 fully saturated rings. The fourth-order valence-electron chi connectivity index (χ4n) is 3.25. The summed E-state index contributed by atoms with van der Waals surface area (Å²) in [6.07, 6.45) is 1.64. The molecule has 0 aliphatic carbocycles.